The highest BCUT2D eigenvalue weighted by atomic mass is 32.7. The van der Waals surface area contributed by atoms with Gasteiger partial charge >= 0.3 is 0 Å². The second-order valence-electron chi connectivity index (χ2n) is 3.22. The Morgan fingerprint density at radius 3 is 2.23 bits per heavy atom. The predicted octanol–water partition coefficient (Wildman–Crippen LogP) is 1.58. The molecule has 0 saturated carbocycles. The van der Waals surface area contributed by atoms with Crippen LogP contribution >= 0.6 is 18.0 Å². The van der Waals surface area contributed by atoms with Crippen molar-refractivity contribution in [1.29, 1.82) is 0 Å². The van der Waals surface area contributed by atoms with Crippen LogP contribution in [0.1, 0.15) is 0 Å². The minimum absolute atomic E-state index is 0.198. The van der Waals surface area contributed by atoms with Crippen LogP contribution in [0, 0.1) is 18.3 Å². The standard InChI is InChI=1S/C8H15N2OPS/c1-5-8-6-9(2)12(11,13-4)10(3)7-8/h1,8H,6-7H2,2-4H3. The van der Waals surface area contributed by atoms with Crippen molar-refractivity contribution in [2.75, 3.05) is 33.4 Å². The summed E-state index contributed by atoms with van der Waals surface area (Å²) in [6.07, 6.45) is 7.24. The topological polar surface area (TPSA) is 23.6 Å². The molecule has 0 aromatic carbocycles. The van der Waals surface area contributed by atoms with Crippen molar-refractivity contribution in [2.45, 2.75) is 0 Å². The monoisotopic (exact) mass is 218 g/mol. The fourth-order valence-electron chi connectivity index (χ4n) is 1.55. The lowest BCUT2D eigenvalue weighted by Crippen LogP contribution is -2.39. The van der Waals surface area contributed by atoms with E-state index in [1.165, 1.54) is 11.4 Å². The summed E-state index contributed by atoms with van der Waals surface area (Å²) in [5, 5.41) is 0. The molecule has 1 heterocycles. The third-order valence-corrected chi connectivity index (χ3v) is 7.93. The Balaban J connectivity index is 2.83. The van der Waals surface area contributed by atoms with Crippen LogP contribution in [0.25, 0.3) is 0 Å². The normalized spacial score (nSPS) is 37.2. The van der Waals surface area contributed by atoms with Crippen LogP contribution < -0.4 is 0 Å². The van der Waals surface area contributed by atoms with Crippen LogP contribution in [-0.4, -0.2) is 42.8 Å². The van der Waals surface area contributed by atoms with Gasteiger partial charge < -0.3 is 0 Å². The molecule has 0 N–H and O–H groups in total. The predicted molar refractivity (Wildman–Crippen MR) is 58.7 cm³/mol. The van der Waals surface area contributed by atoms with Crippen LogP contribution in [0.4, 0.5) is 0 Å². The highest BCUT2D eigenvalue weighted by Gasteiger charge is 2.38. The molecule has 1 aliphatic heterocycles. The molecule has 0 atom stereocenters. The molecule has 0 aromatic heterocycles. The Kier molecular flexibility index (Phi) is 3.48. The Morgan fingerprint density at radius 2 is 1.92 bits per heavy atom. The fourth-order valence-corrected chi connectivity index (χ4v) is 5.51. The van der Waals surface area contributed by atoms with Gasteiger partial charge in [-0.1, -0.05) is 11.4 Å². The molecule has 1 saturated heterocycles. The average molecular weight is 218 g/mol. The highest BCUT2D eigenvalue weighted by molar-refractivity contribution is 8.56. The molecule has 0 bridgehead atoms. The number of terminal acetylenes is 1. The highest BCUT2D eigenvalue weighted by Crippen LogP contribution is 2.63. The quantitative estimate of drug-likeness (QED) is 0.492. The van der Waals surface area contributed by atoms with E-state index in [1.54, 1.807) is 0 Å². The Morgan fingerprint density at radius 1 is 1.46 bits per heavy atom. The summed E-state index contributed by atoms with van der Waals surface area (Å²) in [6.45, 7) is -0.869. The van der Waals surface area contributed by atoms with E-state index in [0.29, 0.717) is 0 Å². The Bertz CT molecular complexity index is 260. The van der Waals surface area contributed by atoms with Crippen molar-refractivity contribution >= 4 is 18.0 Å². The molecule has 0 aromatic rings. The average Bonchev–Trinajstić information content (AvgIpc) is 2.13. The lowest BCUT2D eigenvalue weighted by Gasteiger charge is -2.40. The van der Waals surface area contributed by atoms with Gasteiger partial charge in [-0.15, -0.1) is 12.3 Å². The van der Waals surface area contributed by atoms with Gasteiger partial charge in [0.15, 0.2) is 0 Å². The lowest BCUT2D eigenvalue weighted by molar-refractivity contribution is 0.308. The summed E-state index contributed by atoms with van der Waals surface area (Å²) in [6, 6.07) is 0. The summed E-state index contributed by atoms with van der Waals surface area (Å²) in [5.74, 6) is 2.91. The van der Waals surface area contributed by atoms with Gasteiger partial charge in [-0.2, -0.15) is 0 Å². The van der Waals surface area contributed by atoms with Gasteiger partial charge in [0.2, 0.25) is 0 Å². The number of rotatable bonds is 1. The van der Waals surface area contributed by atoms with Gasteiger partial charge in [0.25, 0.3) is 6.65 Å². The molecule has 1 rings (SSSR count). The van der Waals surface area contributed by atoms with E-state index in [4.69, 9.17) is 6.42 Å². The first kappa shape index (κ1) is 11.1. The number of hydrogen-bond acceptors (Lipinski definition) is 2. The van der Waals surface area contributed by atoms with Crippen molar-refractivity contribution in [3.8, 4) is 12.3 Å². The molecule has 0 aliphatic carbocycles. The summed E-state index contributed by atoms with van der Waals surface area (Å²) < 4.78 is 16.0. The van der Waals surface area contributed by atoms with Crippen LogP contribution in [0.2, 0.25) is 0 Å². The van der Waals surface area contributed by atoms with Gasteiger partial charge in [0, 0.05) is 19.0 Å². The summed E-state index contributed by atoms with van der Waals surface area (Å²) in [7, 11) is 3.74. The molecule has 0 unspecified atom stereocenters. The first-order valence-electron chi connectivity index (χ1n) is 4.09. The zero-order valence-electron chi connectivity index (χ0n) is 8.23. The lowest BCUT2D eigenvalue weighted by atomic mass is 10.1. The second kappa shape index (κ2) is 4.06. The van der Waals surface area contributed by atoms with Crippen LogP contribution in [0.15, 0.2) is 0 Å². The molecule has 0 spiro atoms. The minimum Gasteiger partial charge on any atom is -0.277 e. The maximum atomic E-state index is 12.3. The number of nitrogens with zero attached hydrogens (tertiary/aromatic N) is 2. The summed E-state index contributed by atoms with van der Waals surface area (Å²) in [5.41, 5.74) is 0. The van der Waals surface area contributed by atoms with Crippen molar-refractivity contribution in [2.24, 2.45) is 5.92 Å². The molecule has 1 fully saturated rings. The third kappa shape index (κ3) is 1.94. The molecule has 3 nitrogen and oxygen atoms in total. The van der Waals surface area contributed by atoms with Gasteiger partial charge in [-0.3, -0.25) is 4.57 Å². The first-order chi connectivity index (χ1) is 6.04. The van der Waals surface area contributed by atoms with Crippen LogP contribution in [-0.2, 0) is 4.57 Å². The molecular weight excluding hydrogens is 203 g/mol. The van der Waals surface area contributed by atoms with E-state index in [0.717, 1.165) is 13.1 Å². The van der Waals surface area contributed by atoms with Crippen LogP contribution in [0.5, 0.6) is 0 Å². The number of hydrogen-bond donors (Lipinski definition) is 0. The van der Waals surface area contributed by atoms with E-state index in [1.807, 2.05) is 29.7 Å². The molecule has 1 aliphatic rings. The van der Waals surface area contributed by atoms with Gasteiger partial charge in [0.05, 0.1) is 0 Å². The van der Waals surface area contributed by atoms with E-state index >= 15 is 0 Å². The molecule has 5 heteroatoms. The van der Waals surface area contributed by atoms with Crippen molar-refractivity contribution < 1.29 is 4.57 Å². The minimum atomic E-state index is -2.34. The SMILES string of the molecule is C#CC1CN(C)P(=O)(SC)N(C)C1. The van der Waals surface area contributed by atoms with Crippen molar-refractivity contribution in [1.82, 2.24) is 9.34 Å². The maximum Gasteiger partial charge on any atom is 0.270 e. The summed E-state index contributed by atoms with van der Waals surface area (Å²) in [4.78, 5) is 0. The van der Waals surface area contributed by atoms with E-state index in [9.17, 15) is 4.57 Å². The van der Waals surface area contributed by atoms with Crippen molar-refractivity contribution in [3.63, 3.8) is 0 Å². The summed E-state index contributed by atoms with van der Waals surface area (Å²) >= 11 is 1.42. The molecule has 0 amide bonds. The largest absolute Gasteiger partial charge is 0.277 e. The zero-order valence-corrected chi connectivity index (χ0v) is 9.94. The maximum absolute atomic E-state index is 12.3. The van der Waals surface area contributed by atoms with Crippen molar-refractivity contribution in [3.05, 3.63) is 0 Å². The third-order valence-electron chi connectivity index (χ3n) is 2.31. The smallest absolute Gasteiger partial charge is 0.270 e. The van der Waals surface area contributed by atoms with E-state index in [2.05, 4.69) is 5.92 Å². The van der Waals surface area contributed by atoms with E-state index in [-0.39, 0.29) is 5.92 Å². The molecular formula is C8H15N2OPS. The van der Waals surface area contributed by atoms with Gasteiger partial charge in [-0.05, 0) is 20.4 Å². The zero-order chi connectivity index (χ0) is 10.1. The fraction of sp³-hybridized carbons (Fsp3) is 0.750. The van der Waals surface area contributed by atoms with E-state index < -0.39 is 6.65 Å². The van der Waals surface area contributed by atoms with Crippen LogP contribution in [0.3, 0.4) is 0 Å². The van der Waals surface area contributed by atoms with Gasteiger partial charge in [0.1, 0.15) is 0 Å². The molecule has 74 valence electrons. The second-order valence-corrected chi connectivity index (χ2v) is 8.45. The molecule has 0 radical (unpaired) electrons. The molecule has 13 heavy (non-hydrogen) atoms. The van der Waals surface area contributed by atoms with Gasteiger partial charge in [-0.25, -0.2) is 9.34 Å². The first-order valence-corrected chi connectivity index (χ1v) is 7.54. The Hall–Kier alpha value is 0.0600. The Labute approximate surface area is 84.1 Å².